The van der Waals surface area contributed by atoms with Crippen LogP contribution in [-0.2, 0) is 32.6 Å². The third kappa shape index (κ3) is 8.77. The molecule has 4 aromatic carbocycles. The molecule has 8 nitrogen and oxygen atoms in total. The van der Waals surface area contributed by atoms with Gasteiger partial charge in [-0.1, -0.05) is 79.9 Å². The topological polar surface area (TPSA) is 96.0 Å². The number of halogens is 1. The van der Waals surface area contributed by atoms with Crippen LogP contribution in [0.1, 0.15) is 43.2 Å². The lowest BCUT2D eigenvalue weighted by Gasteiger charge is -2.35. The van der Waals surface area contributed by atoms with Crippen molar-refractivity contribution in [2.75, 3.05) is 18.0 Å². The highest BCUT2D eigenvalue weighted by Gasteiger charge is 2.35. The van der Waals surface area contributed by atoms with Crippen molar-refractivity contribution in [1.29, 1.82) is 0 Å². The number of carbonyl (C=O) groups is 2. The molecule has 1 aliphatic rings. The van der Waals surface area contributed by atoms with E-state index in [1.165, 1.54) is 36.3 Å². The van der Waals surface area contributed by atoms with Crippen LogP contribution >= 0.6 is 0 Å². The van der Waals surface area contributed by atoms with Gasteiger partial charge in [-0.15, -0.1) is 0 Å². The smallest absolute Gasteiger partial charge is 0.264 e. The Morgan fingerprint density at radius 3 is 2.06 bits per heavy atom. The lowest BCUT2D eigenvalue weighted by Crippen LogP contribution is -2.55. The van der Waals surface area contributed by atoms with Gasteiger partial charge in [0.15, 0.2) is 0 Å². The van der Waals surface area contributed by atoms with Gasteiger partial charge >= 0.3 is 0 Å². The van der Waals surface area contributed by atoms with E-state index in [1.54, 1.807) is 54.6 Å². The van der Waals surface area contributed by atoms with E-state index in [0.29, 0.717) is 17.0 Å². The molecule has 47 heavy (non-hydrogen) atoms. The molecule has 1 unspecified atom stereocenters. The van der Waals surface area contributed by atoms with Gasteiger partial charge in [-0.3, -0.25) is 13.9 Å². The first-order valence-electron chi connectivity index (χ1n) is 15.8. The summed E-state index contributed by atoms with van der Waals surface area (Å²) in [5.74, 6) is -0.816. The van der Waals surface area contributed by atoms with Gasteiger partial charge in [0, 0.05) is 19.0 Å². The molecule has 0 heterocycles. The summed E-state index contributed by atoms with van der Waals surface area (Å²) in [7, 11) is -2.74. The molecular weight excluding hydrogens is 617 g/mol. The first-order valence-corrected chi connectivity index (χ1v) is 17.3. The van der Waals surface area contributed by atoms with Crippen molar-refractivity contribution in [2.45, 2.75) is 62.0 Å². The Morgan fingerprint density at radius 2 is 1.45 bits per heavy atom. The number of hydrogen-bond acceptors (Lipinski definition) is 5. The molecule has 4 aromatic rings. The predicted molar refractivity (Wildman–Crippen MR) is 180 cm³/mol. The summed E-state index contributed by atoms with van der Waals surface area (Å²) >= 11 is 0. The number of hydrogen-bond donors (Lipinski definition) is 1. The van der Waals surface area contributed by atoms with Crippen LogP contribution < -0.4 is 14.4 Å². The average Bonchev–Trinajstić information content (AvgIpc) is 3.10. The standard InChI is InChI=1S/C37H40FN3O5S/c1-46-33-21-23-34(24-22-33)47(44,45)41(32-15-9-4-10-16-32)27-36(42)40(26-29-17-19-30(38)20-18-29)35(25-28-11-5-2-6-12-28)37(43)39-31-13-7-3-8-14-31/h2,4-6,9-12,15-24,31,35H,3,7-8,13-14,25-27H2,1H3,(H,39,43). The van der Waals surface area contributed by atoms with E-state index in [4.69, 9.17) is 4.74 Å². The Balaban J connectivity index is 1.54. The molecule has 1 aliphatic carbocycles. The lowest BCUT2D eigenvalue weighted by molar-refractivity contribution is -0.140. The van der Waals surface area contributed by atoms with Gasteiger partial charge in [-0.25, -0.2) is 12.8 Å². The van der Waals surface area contributed by atoms with E-state index in [0.717, 1.165) is 42.0 Å². The zero-order chi connectivity index (χ0) is 33.2. The van der Waals surface area contributed by atoms with Gasteiger partial charge in [-0.2, -0.15) is 0 Å². The van der Waals surface area contributed by atoms with Crippen molar-refractivity contribution in [3.8, 4) is 5.75 Å². The molecule has 0 aliphatic heterocycles. The molecule has 5 rings (SSSR count). The van der Waals surface area contributed by atoms with Crippen molar-refractivity contribution in [3.63, 3.8) is 0 Å². The Labute approximate surface area is 276 Å². The normalized spacial score (nSPS) is 14.2. The second kappa shape index (κ2) is 15.7. The maximum atomic E-state index is 14.6. The molecular formula is C37H40FN3O5S. The molecule has 10 heteroatoms. The molecule has 1 saturated carbocycles. The van der Waals surface area contributed by atoms with Crippen molar-refractivity contribution >= 4 is 27.5 Å². The molecule has 2 amide bonds. The van der Waals surface area contributed by atoms with Crippen LogP contribution in [0.2, 0.25) is 0 Å². The molecule has 1 fully saturated rings. The Morgan fingerprint density at radius 1 is 0.830 bits per heavy atom. The first-order chi connectivity index (χ1) is 22.7. The number of methoxy groups -OCH3 is 1. The van der Waals surface area contributed by atoms with Gasteiger partial charge in [0.2, 0.25) is 11.8 Å². The number of nitrogens with zero attached hydrogens (tertiary/aromatic N) is 2. The zero-order valence-electron chi connectivity index (χ0n) is 26.4. The van der Waals surface area contributed by atoms with Gasteiger partial charge in [0.05, 0.1) is 17.7 Å². The average molecular weight is 658 g/mol. The maximum Gasteiger partial charge on any atom is 0.264 e. The fourth-order valence-corrected chi connectivity index (χ4v) is 7.30. The van der Waals surface area contributed by atoms with Gasteiger partial charge in [0.25, 0.3) is 10.0 Å². The van der Waals surface area contributed by atoms with Crippen molar-refractivity contribution in [2.24, 2.45) is 0 Å². The van der Waals surface area contributed by atoms with Crippen molar-refractivity contribution < 1.29 is 27.1 Å². The minimum Gasteiger partial charge on any atom is -0.497 e. The van der Waals surface area contributed by atoms with Crippen LogP contribution in [0.4, 0.5) is 10.1 Å². The third-order valence-corrected chi connectivity index (χ3v) is 10.2. The van der Waals surface area contributed by atoms with Crippen LogP contribution in [0.25, 0.3) is 0 Å². The molecule has 1 atom stereocenters. The molecule has 1 N–H and O–H groups in total. The summed E-state index contributed by atoms with van der Waals surface area (Å²) in [5, 5.41) is 3.18. The van der Waals surface area contributed by atoms with Crippen LogP contribution in [0.15, 0.2) is 114 Å². The number of amides is 2. The third-order valence-electron chi connectivity index (χ3n) is 8.46. The molecule has 0 aromatic heterocycles. The summed E-state index contributed by atoms with van der Waals surface area (Å²) in [6.45, 7) is -0.596. The first kappa shape index (κ1) is 33.7. The summed E-state index contributed by atoms with van der Waals surface area (Å²) in [6, 6.07) is 28.5. The van der Waals surface area contributed by atoms with Gasteiger partial charge in [0.1, 0.15) is 24.2 Å². The van der Waals surface area contributed by atoms with Crippen LogP contribution in [-0.4, -0.2) is 50.9 Å². The SMILES string of the molecule is COc1ccc(S(=O)(=O)N(CC(=O)N(Cc2ccc(F)cc2)C(Cc2ccccc2)C(=O)NC2CCCCC2)c2ccccc2)cc1. The number of carbonyl (C=O) groups excluding carboxylic acids is 2. The predicted octanol–water partition coefficient (Wildman–Crippen LogP) is 6.12. The van der Waals surface area contributed by atoms with E-state index in [2.05, 4.69) is 5.32 Å². The largest absolute Gasteiger partial charge is 0.497 e. The number of nitrogens with one attached hydrogen (secondary N) is 1. The van der Waals surface area contributed by atoms with Crippen LogP contribution in [0.5, 0.6) is 5.75 Å². The number of ether oxygens (including phenoxy) is 1. The number of sulfonamides is 1. The molecule has 246 valence electrons. The number of para-hydroxylation sites is 1. The van der Waals surface area contributed by atoms with E-state index < -0.39 is 34.3 Å². The number of rotatable bonds is 13. The Bertz CT molecular complexity index is 1710. The number of benzene rings is 4. The molecule has 0 saturated heterocycles. The fourth-order valence-electron chi connectivity index (χ4n) is 5.88. The second-order valence-electron chi connectivity index (χ2n) is 11.7. The Kier molecular flexibility index (Phi) is 11.3. The molecule has 0 spiro atoms. The minimum atomic E-state index is -4.23. The van der Waals surface area contributed by atoms with E-state index in [-0.39, 0.29) is 29.8 Å². The van der Waals surface area contributed by atoms with Gasteiger partial charge in [-0.05, 0) is 72.5 Å². The van der Waals surface area contributed by atoms with E-state index >= 15 is 0 Å². The quantitative estimate of drug-likeness (QED) is 0.187. The molecule has 0 radical (unpaired) electrons. The summed E-state index contributed by atoms with van der Waals surface area (Å²) in [4.78, 5) is 30.1. The van der Waals surface area contributed by atoms with E-state index in [1.807, 2.05) is 30.3 Å². The van der Waals surface area contributed by atoms with Crippen LogP contribution in [0.3, 0.4) is 0 Å². The summed E-state index contributed by atoms with van der Waals surface area (Å²) in [6.07, 6.45) is 5.08. The zero-order valence-corrected chi connectivity index (χ0v) is 27.2. The summed E-state index contributed by atoms with van der Waals surface area (Å²) in [5.41, 5.74) is 1.75. The molecule has 0 bridgehead atoms. The highest BCUT2D eigenvalue weighted by atomic mass is 32.2. The fraction of sp³-hybridized carbons (Fsp3) is 0.297. The Hall–Kier alpha value is -4.70. The van der Waals surface area contributed by atoms with Gasteiger partial charge < -0.3 is 15.0 Å². The van der Waals surface area contributed by atoms with Crippen LogP contribution in [0, 0.1) is 5.82 Å². The number of anilines is 1. The van der Waals surface area contributed by atoms with Crippen molar-refractivity contribution in [3.05, 3.63) is 126 Å². The van der Waals surface area contributed by atoms with Crippen molar-refractivity contribution in [1.82, 2.24) is 10.2 Å². The minimum absolute atomic E-state index is 0.00596. The highest BCUT2D eigenvalue weighted by molar-refractivity contribution is 7.92. The monoisotopic (exact) mass is 657 g/mol. The summed E-state index contributed by atoms with van der Waals surface area (Å²) < 4.78 is 48.4. The second-order valence-corrected chi connectivity index (χ2v) is 13.6. The lowest BCUT2D eigenvalue weighted by atomic mass is 9.94. The maximum absolute atomic E-state index is 14.6. The van der Waals surface area contributed by atoms with E-state index in [9.17, 15) is 22.4 Å². The highest BCUT2D eigenvalue weighted by Crippen LogP contribution is 2.26.